The van der Waals surface area contributed by atoms with Gasteiger partial charge in [-0.25, -0.2) is 4.79 Å². The molecule has 0 spiro atoms. The van der Waals surface area contributed by atoms with Gasteiger partial charge in [-0.2, -0.15) is 0 Å². The topological polar surface area (TPSA) is 44.4 Å². The van der Waals surface area contributed by atoms with Crippen LogP contribution in [0.15, 0.2) is 24.3 Å². The minimum absolute atomic E-state index is 0.134. The fraction of sp³-hybridized carbons (Fsp3) is 0.562. The molecule has 0 aromatic heterocycles. The summed E-state index contributed by atoms with van der Waals surface area (Å²) in [5, 5.41) is 5.76. The van der Waals surface area contributed by atoms with Crippen molar-refractivity contribution in [3.05, 3.63) is 24.3 Å². The molecule has 0 heterocycles. The van der Waals surface area contributed by atoms with E-state index in [-0.39, 0.29) is 6.03 Å². The van der Waals surface area contributed by atoms with Crippen LogP contribution in [0.25, 0.3) is 0 Å². The number of benzene rings is 1. The summed E-state index contributed by atoms with van der Waals surface area (Å²) in [6.07, 6.45) is 2.15. The standard InChI is InChI=1S/C16H27N3O/c1-5-19(4)15-10-6-9-14(12-15)18-16(20)17-11-7-8-13(2)3/h6,9-10,12-13H,5,7-8,11H2,1-4H3,(H2,17,18,20). The first-order chi connectivity index (χ1) is 9.52. The second kappa shape index (κ2) is 8.46. The third-order valence-corrected chi connectivity index (χ3v) is 3.26. The van der Waals surface area contributed by atoms with Crippen LogP contribution in [0.3, 0.4) is 0 Å². The van der Waals surface area contributed by atoms with Gasteiger partial charge in [0.15, 0.2) is 0 Å². The van der Waals surface area contributed by atoms with Crippen molar-refractivity contribution in [1.29, 1.82) is 0 Å². The zero-order valence-electron chi connectivity index (χ0n) is 13.1. The summed E-state index contributed by atoms with van der Waals surface area (Å²) < 4.78 is 0. The number of anilines is 2. The Kier molecular flexibility index (Phi) is 6.91. The third-order valence-electron chi connectivity index (χ3n) is 3.26. The molecule has 1 aromatic carbocycles. The van der Waals surface area contributed by atoms with E-state index in [9.17, 15) is 4.79 Å². The van der Waals surface area contributed by atoms with E-state index < -0.39 is 0 Å². The Bertz CT molecular complexity index is 418. The molecule has 0 atom stereocenters. The summed E-state index contributed by atoms with van der Waals surface area (Å²) in [5.74, 6) is 0.682. The van der Waals surface area contributed by atoms with Crippen molar-refractivity contribution in [1.82, 2.24) is 5.32 Å². The maximum atomic E-state index is 11.8. The molecule has 4 nitrogen and oxygen atoms in total. The van der Waals surface area contributed by atoms with Gasteiger partial charge in [0.05, 0.1) is 0 Å². The molecule has 1 rings (SSSR count). The number of hydrogen-bond acceptors (Lipinski definition) is 2. The summed E-state index contributed by atoms with van der Waals surface area (Å²) in [4.78, 5) is 13.9. The molecule has 0 saturated heterocycles. The lowest BCUT2D eigenvalue weighted by Crippen LogP contribution is -2.29. The SMILES string of the molecule is CCN(C)c1cccc(NC(=O)NCCCC(C)C)c1. The van der Waals surface area contributed by atoms with Crippen LogP contribution in [0, 0.1) is 5.92 Å². The first-order valence-electron chi connectivity index (χ1n) is 7.39. The number of carbonyl (C=O) groups is 1. The van der Waals surface area contributed by atoms with E-state index in [1.165, 1.54) is 0 Å². The van der Waals surface area contributed by atoms with Crippen molar-refractivity contribution in [2.75, 3.05) is 30.4 Å². The fourth-order valence-corrected chi connectivity index (χ4v) is 1.89. The summed E-state index contributed by atoms with van der Waals surface area (Å²) in [6, 6.07) is 7.74. The molecule has 0 aliphatic rings. The lowest BCUT2D eigenvalue weighted by Gasteiger charge is -2.17. The monoisotopic (exact) mass is 277 g/mol. The average Bonchev–Trinajstić information content (AvgIpc) is 2.43. The van der Waals surface area contributed by atoms with Crippen molar-refractivity contribution < 1.29 is 4.79 Å². The number of amides is 2. The van der Waals surface area contributed by atoms with Crippen LogP contribution in [0.2, 0.25) is 0 Å². The van der Waals surface area contributed by atoms with Gasteiger partial charge in [-0.3, -0.25) is 0 Å². The lowest BCUT2D eigenvalue weighted by atomic mass is 10.1. The Morgan fingerprint density at radius 1 is 1.35 bits per heavy atom. The number of carbonyl (C=O) groups excluding carboxylic acids is 1. The summed E-state index contributed by atoms with van der Waals surface area (Å²) >= 11 is 0. The number of nitrogens with one attached hydrogen (secondary N) is 2. The van der Waals surface area contributed by atoms with Gasteiger partial charge in [0.1, 0.15) is 0 Å². The summed E-state index contributed by atoms with van der Waals surface area (Å²) in [6.45, 7) is 8.14. The van der Waals surface area contributed by atoms with E-state index in [1.807, 2.05) is 31.3 Å². The Morgan fingerprint density at radius 2 is 2.10 bits per heavy atom. The molecule has 20 heavy (non-hydrogen) atoms. The molecule has 2 N–H and O–H groups in total. The van der Waals surface area contributed by atoms with Crippen LogP contribution in [0.1, 0.15) is 33.6 Å². The van der Waals surface area contributed by atoms with Crippen molar-refractivity contribution in [2.24, 2.45) is 5.92 Å². The minimum Gasteiger partial charge on any atom is -0.375 e. The second-order valence-corrected chi connectivity index (χ2v) is 5.48. The van der Waals surface area contributed by atoms with Gasteiger partial charge in [0.2, 0.25) is 0 Å². The van der Waals surface area contributed by atoms with Gasteiger partial charge in [0, 0.05) is 31.5 Å². The molecule has 0 aliphatic carbocycles. The van der Waals surface area contributed by atoms with E-state index in [4.69, 9.17) is 0 Å². The molecule has 0 unspecified atom stereocenters. The van der Waals surface area contributed by atoms with Gasteiger partial charge in [-0.05, 0) is 43.9 Å². The maximum absolute atomic E-state index is 11.8. The zero-order chi connectivity index (χ0) is 15.0. The van der Waals surface area contributed by atoms with Crippen molar-refractivity contribution >= 4 is 17.4 Å². The maximum Gasteiger partial charge on any atom is 0.319 e. The van der Waals surface area contributed by atoms with Crippen LogP contribution >= 0.6 is 0 Å². The molecule has 4 heteroatoms. The zero-order valence-corrected chi connectivity index (χ0v) is 13.1. The highest BCUT2D eigenvalue weighted by Gasteiger charge is 2.04. The van der Waals surface area contributed by atoms with Gasteiger partial charge < -0.3 is 15.5 Å². The van der Waals surface area contributed by atoms with Crippen LogP contribution in [-0.2, 0) is 0 Å². The first kappa shape index (κ1) is 16.3. The fourth-order valence-electron chi connectivity index (χ4n) is 1.89. The summed E-state index contributed by atoms with van der Waals surface area (Å²) in [7, 11) is 2.03. The van der Waals surface area contributed by atoms with Crippen LogP contribution in [0.4, 0.5) is 16.2 Å². The number of rotatable bonds is 7. The summed E-state index contributed by atoms with van der Waals surface area (Å²) in [5.41, 5.74) is 1.93. The quantitative estimate of drug-likeness (QED) is 0.746. The van der Waals surface area contributed by atoms with Crippen molar-refractivity contribution in [3.63, 3.8) is 0 Å². The predicted octanol–water partition coefficient (Wildman–Crippen LogP) is 3.70. The molecular formula is C16H27N3O. The van der Waals surface area contributed by atoms with E-state index in [1.54, 1.807) is 0 Å². The molecule has 0 fully saturated rings. The first-order valence-corrected chi connectivity index (χ1v) is 7.39. The molecule has 1 aromatic rings. The van der Waals surface area contributed by atoms with Gasteiger partial charge in [-0.1, -0.05) is 19.9 Å². The predicted molar refractivity (Wildman–Crippen MR) is 86.5 cm³/mol. The normalized spacial score (nSPS) is 10.4. The van der Waals surface area contributed by atoms with Gasteiger partial charge in [-0.15, -0.1) is 0 Å². The van der Waals surface area contributed by atoms with Crippen LogP contribution in [0.5, 0.6) is 0 Å². The van der Waals surface area contributed by atoms with E-state index in [2.05, 4.69) is 36.3 Å². The molecule has 0 bridgehead atoms. The van der Waals surface area contributed by atoms with Gasteiger partial charge in [0.25, 0.3) is 0 Å². The van der Waals surface area contributed by atoms with E-state index in [0.717, 1.165) is 37.3 Å². The second-order valence-electron chi connectivity index (χ2n) is 5.48. The van der Waals surface area contributed by atoms with Crippen molar-refractivity contribution in [3.8, 4) is 0 Å². The molecule has 2 amide bonds. The van der Waals surface area contributed by atoms with Crippen LogP contribution in [-0.4, -0.2) is 26.2 Å². The molecular weight excluding hydrogens is 250 g/mol. The number of hydrogen-bond donors (Lipinski definition) is 2. The largest absolute Gasteiger partial charge is 0.375 e. The molecule has 0 aliphatic heterocycles. The van der Waals surface area contributed by atoms with Crippen LogP contribution < -0.4 is 15.5 Å². The Balaban J connectivity index is 2.41. The lowest BCUT2D eigenvalue weighted by molar-refractivity contribution is 0.251. The highest BCUT2D eigenvalue weighted by molar-refractivity contribution is 5.89. The third kappa shape index (κ3) is 5.95. The van der Waals surface area contributed by atoms with E-state index >= 15 is 0 Å². The Labute approximate surface area is 122 Å². The van der Waals surface area contributed by atoms with Crippen molar-refractivity contribution in [2.45, 2.75) is 33.6 Å². The highest BCUT2D eigenvalue weighted by atomic mass is 16.2. The van der Waals surface area contributed by atoms with E-state index in [0.29, 0.717) is 5.92 Å². The Hall–Kier alpha value is -1.71. The number of nitrogens with zero attached hydrogens (tertiary/aromatic N) is 1. The molecule has 0 radical (unpaired) electrons. The highest BCUT2D eigenvalue weighted by Crippen LogP contribution is 2.17. The minimum atomic E-state index is -0.134. The Morgan fingerprint density at radius 3 is 2.75 bits per heavy atom. The van der Waals surface area contributed by atoms with Gasteiger partial charge >= 0.3 is 6.03 Å². The molecule has 0 saturated carbocycles. The smallest absolute Gasteiger partial charge is 0.319 e. The average molecular weight is 277 g/mol. The number of urea groups is 1. The molecule has 112 valence electrons.